The summed E-state index contributed by atoms with van der Waals surface area (Å²) in [5, 5.41) is 11.9. The second kappa shape index (κ2) is 8.36. The van der Waals surface area contributed by atoms with E-state index < -0.39 is 0 Å². The smallest absolute Gasteiger partial charge is 0.410 e. The quantitative estimate of drug-likeness (QED) is 0.512. The van der Waals surface area contributed by atoms with Crippen LogP contribution in [0.1, 0.15) is 92.4 Å². The van der Waals surface area contributed by atoms with Gasteiger partial charge in [0.2, 0.25) is 5.91 Å². The molecule has 10 atom stereocenters. The first kappa shape index (κ1) is 26.6. The van der Waals surface area contributed by atoms with Crippen LogP contribution in [-0.2, 0) is 14.3 Å². The molecule has 7 rings (SSSR count). The third-order valence-corrected chi connectivity index (χ3v) is 14.5. The summed E-state index contributed by atoms with van der Waals surface area (Å²) < 4.78 is 12.6. The van der Waals surface area contributed by atoms with E-state index in [2.05, 4.69) is 27.7 Å². The zero-order valence-corrected chi connectivity index (χ0v) is 24.8. The Morgan fingerprint density at radius 1 is 0.872 bits per heavy atom. The molecule has 5 aliphatic carbocycles. The largest absolute Gasteiger partial charge is 0.446 e. The number of carbonyl (C=O) groups excluding carboxylic acids is 2. The van der Waals surface area contributed by atoms with Crippen LogP contribution in [0.2, 0.25) is 0 Å². The summed E-state index contributed by atoms with van der Waals surface area (Å²) in [5.74, 6) is 1.66. The van der Waals surface area contributed by atoms with Gasteiger partial charge in [0, 0.05) is 50.5 Å². The topological polar surface area (TPSA) is 79.3 Å². The molecular formula is C32H50N2O5. The number of ether oxygens (including phenoxy) is 2. The number of aliphatic hydroxyl groups is 1. The minimum absolute atomic E-state index is 0.0141. The zero-order valence-electron chi connectivity index (χ0n) is 24.8. The lowest BCUT2D eigenvalue weighted by Gasteiger charge is -2.63. The lowest BCUT2D eigenvalue weighted by molar-refractivity contribution is -0.182. The van der Waals surface area contributed by atoms with E-state index in [-0.39, 0.29) is 46.6 Å². The van der Waals surface area contributed by atoms with Crippen LogP contribution >= 0.6 is 0 Å². The third-order valence-electron chi connectivity index (χ3n) is 14.5. The van der Waals surface area contributed by atoms with Crippen molar-refractivity contribution in [1.29, 1.82) is 0 Å². The Morgan fingerprint density at radius 2 is 1.54 bits per heavy atom. The van der Waals surface area contributed by atoms with Gasteiger partial charge in [-0.2, -0.15) is 0 Å². The van der Waals surface area contributed by atoms with Gasteiger partial charge in [-0.1, -0.05) is 27.7 Å². The monoisotopic (exact) mass is 542 g/mol. The molecule has 7 nitrogen and oxygen atoms in total. The number of fused-ring (bicyclic) bond motifs is 4. The van der Waals surface area contributed by atoms with Gasteiger partial charge in [0.05, 0.1) is 12.2 Å². The fraction of sp³-hybridized carbons (Fsp3) is 0.938. The molecule has 0 bridgehead atoms. The minimum Gasteiger partial charge on any atom is -0.446 e. The van der Waals surface area contributed by atoms with Gasteiger partial charge in [0.25, 0.3) is 0 Å². The molecule has 7 fully saturated rings. The molecule has 5 saturated carbocycles. The summed E-state index contributed by atoms with van der Waals surface area (Å²) >= 11 is 0. The highest BCUT2D eigenvalue weighted by Gasteiger charge is 2.84. The van der Waals surface area contributed by atoms with Gasteiger partial charge in [-0.3, -0.25) is 4.79 Å². The summed E-state index contributed by atoms with van der Waals surface area (Å²) in [6.07, 6.45) is 9.90. The Hall–Kier alpha value is -1.34. The van der Waals surface area contributed by atoms with Crippen molar-refractivity contribution in [3.8, 4) is 0 Å². The first-order chi connectivity index (χ1) is 18.4. The van der Waals surface area contributed by atoms with Crippen molar-refractivity contribution in [2.75, 3.05) is 32.8 Å². The van der Waals surface area contributed by atoms with E-state index in [9.17, 15) is 14.7 Å². The third kappa shape index (κ3) is 3.18. The normalized spacial score (nSPS) is 51.5. The van der Waals surface area contributed by atoms with E-state index in [1.807, 2.05) is 0 Å². The molecule has 1 N–H and O–H groups in total. The molecular weight excluding hydrogens is 492 g/mol. The van der Waals surface area contributed by atoms with Crippen LogP contribution < -0.4 is 0 Å². The molecule has 218 valence electrons. The van der Waals surface area contributed by atoms with Gasteiger partial charge in [0.1, 0.15) is 6.10 Å². The number of nitrogens with zero attached hydrogens (tertiary/aromatic N) is 2. The Morgan fingerprint density at radius 3 is 2.26 bits per heavy atom. The molecule has 39 heavy (non-hydrogen) atoms. The predicted molar refractivity (Wildman–Crippen MR) is 147 cm³/mol. The molecule has 2 heterocycles. The molecule has 4 unspecified atom stereocenters. The van der Waals surface area contributed by atoms with E-state index in [1.165, 1.54) is 38.5 Å². The van der Waals surface area contributed by atoms with Crippen LogP contribution in [0.5, 0.6) is 0 Å². The average molecular weight is 543 g/mol. The average Bonchev–Trinajstić information content (AvgIpc) is 3.55. The maximum Gasteiger partial charge on any atom is 0.410 e. The van der Waals surface area contributed by atoms with Crippen molar-refractivity contribution >= 4 is 12.0 Å². The molecule has 2 aliphatic heterocycles. The molecule has 0 radical (unpaired) electrons. The highest BCUT2D eigenvalue weighted by molar-refractivity contribution is 5.74. The van der Waals surface area contributed by atoms with Gasteiger partial charge in [0.15, 0.2) is 0 Å². The van der Waals surface area contributed by atoms with Crippen LogP contribution in [0.4, 0.5) is 4.79 Å². The van der Waals surface area contributed by atoms with E-state index in [0.29, 0.717) is 54.8 Å². The van der Waals surface area contributed by atoms with E-state index in [0.717, 1.165) is 25.9 Å². The van der Waals surface area contributed by atoms with Crippen LogP contribution in [0, 0.1) is 44.8 Å². The van der Waals surface area contributed by atoms with Crippen LogP contribution in [-0.4, -0.2) is 78.0 Å². The van der Waals surface area contributed by atoms with Crippen LogP contribution in [0.3, 0.4) is 0 Å². The van der Waals surface area contributed by atoms with Crippen molar-refractivity contribution in [3.05, 3.63) is 0 Å². The highest BCUT2D eigenvalue weighted by atomic mass is 16.6. The molecule has 7 aliphatic rings. The standard InChI is InChI=1S/C32H50N2O5/c1-20(35)33-14-16-34(17-15-33)27(37)39-24-10-11-31-19-32(31)13-12-29(4)21-7-6-18-38-25(21)26(36)30(29,5)23(32)9-8-22(31)28(24,2)3/h21-26,36H,6-19H2,1-5H3/t21-,22?,23?,24-,25?,26-,29+,30+,31+,32?/m0/s1. The summed E-state index contributed by atoms with van der Waals surface area (Å²) in [6.45, 7) is 14.3. The van der Waals surface area contributed by atoms with E-state index in [4.69, 9.17) is 9.47 Å². The molecule has 0 aromatic heterocycles. The highest BCUT2D eigenvalue weighted by Crippen LogP contribution is 2.89. The molecule has 7 heteroatoms. The zero-order chi connectivity index (χ0) is 27.6. The summed E-state index contributed by atoms with van der Waals surface area (Å²) in [6, 6.07) is 0. The summed E-state index contributed by atoms with van der Waals surface area (Å²) in [5.41, 5.74) is 0.645. The summed E-state index contributed by atoms with van der Waals surface area (Å²) in [4.78, 5) is 28.5. The fourth-order valence-corrected chi connectivity index (χ4v) is 12.3. The van der Waals surface area contributed by atoms with E-state index in [1.54, 1.807) is 16.7 Å². The second-order valence-corrected chi connectivity index (χ2v) is 15.6. The maximum absolute atomic E-state index is 13.2. The first-order valence-corrected chi connectivity index (χ1v) is 15.9. The fourth-order valence-electron chi connectivity index (χ4n) is 12.3. The number of hydrogen-bond donors (Lipinski definition) is 1. The van der Waals surface area contributed by atoms with Crippen molar-refractivity contribution in [2.24, 2.45) is 44.8 Å². The Kier molecular flexibility index (Phi) is 5.69. The number of hydrogen-bond acceptors (Lipinski definition) is 5. The van der Waals surface area contributed by atoms with Gasteiger partial charge in [-0.05, 0) is 91.8 Å². The molecule has 2 spiro atoms. The van der Waals surface area contributed by atoms with Crippen LogP contribution in [0.15, 0.2) is 0 Å². The second-order valence-electron chi connectivity index (χ2n) is 15.6. The van der Waals surface area contributed by atoms with Crippen molar-refractivity contribution < 1.29 is 24.2 Å². The van der Waals surface area contributed by atoms with Crippen LogP contribution in [0.25, 0.3) is 0 Å². The molecule has 0 aromatic carbocycles. The minimum atomic E-state index is -0.363. The molecule has 0 aromatic rings. The molecule has 2 saturated heterocycles. The van der Waals surface area contributed by atoms with Crippen molar-refractivity contribution in [3.63, 3.8) is 0 Å². The van der Waals surface area contributed by atoms with Gasteiger partial charge < -0.3 is 24.4 Å². The predicted octanol–water partition coefficient (Wildman–Crippen LogP) is 4.85. The number of rotatable bonds is 1. The van der Waals surface area contributed by atoms with Gasteiger partial charge in [-0.25, -0.2) is 4.79 Å². The first-order valence-electron chi connectivity index (χ1n) is 15.9. The molecule has 2 amide bonds. The summed E-state index contributed by atoms with van der Waals surface area (Å²) in [7, 11) is 0. The van der Waals surface area contributed by atoms with Crippen molar-refractivity contribution in [2.45, 2.75) is 111 Å². The lowest BCUT2D eigenvalue weighted by Crippen LogP contribution is -2.60. The van der Waals surface area contributed by atoms with Crippen molar-refractivity contribution in [1.82, 2.24) is 9.80 Å². The van der Waals surface area contributed by atoms with Gasteiger partial charge >= 0.3 is 6.09 Å². The number of piperazine rings is 1. The number of aliphatic hydroxyl groups excluding tert-OH is 1. The number of carbonyl (C=O) groups is 2. The Balaban J connectivity index is 1.10. The maximum atomic E-state index is 13.2. The number of amides is 2. The Labute approximate surface area is 234 Å². The van der Waals surface area contributed by atoms with E-state index >= 15 is 0 Å². The van der Waals surface area contributed by atoms with Gasteiger partial charge in [-0.15, -0.1) is 0 Å². The Bertz CT molecular complexity index is 1060. The lowest BCUT2D eigenvalue weighted by atomic mass is 9.41. The SMILES string of the molecule is CC(=O)N1CCN(C(=O)O[C@H]2CC[C@]34CC35CC[C@]3(C)[C@H]6CCCOC6[C@H](O)[C@@]3(C)C5CCC4C2(C)C)CC1.